The highest BCUT2D eigenvalue weighted by atomic mass is 32.2. The van der Waals surface area contributed by atoms with Crippen LogP contribution in [-0.4, -0.2) is 38.7 Å². The molecule has 1 heterocycles. The van der Waals surface area contributed by atoms with Gasteiger partial charge in [0.2, 0.25) is 0 Å². The Morgan fingerprint density at radius 1 is 1.11 bits per heavy atom. The zero-order valence-corrected chi connectivity index (χ0v) is 11.3. The van der Waals surface area contributed by atoms with Gasteiger partial charge in [-0.05, 0) is 43.6 Å². The fourth-order valence-corrected chi connectivity index (χ4v) is 3.60. The second kappa shape index (κ2) is 5.71. The van der Waals surface area contributed by atoms with Crippen molar-refractivity contribution in [1.29, 1.82) is 0 Å². The van der Waals surface area contributed by atoms with Gasteiger partial charge in [-0.15, -0.1) is 0 Å². The number of nitrogens with zero attached hydrogens (tertiary/aromatic N) is 1. The average Bonchev–Trinajstić information content (AvgIpc) is 2.83. The predicted molar refractivity (Wildman–Crippen MR) is 74.0 cm³/mol. The van der Waals surface area contributed by atoms with Crippen molar-refractivity contribution in [3.05, 3.63) is 29.8 Å². The molecule has 2 N–H and O–H groups in total. The van der Waals surface area contributed by atoms with Gasteiger partial charge in [-0.3, -0.25) is 0 Å². The number of likely N-dealkylation sites (tertiary alicyclic amines) is 1. The molecule has 0 atom stereocenters. The van der Waals surface area contributed by atoms with E-state index in [1.807, 2.05) is 0 Å². The standard InChI is InChI=1S/C13H20N2O2S/c14-13-5-3-12(4-6-13)11-18(16,17)10-9-15-7-1-2-8-15/h3-6H,1-2,7-11,14H2. The molecule has 1 aromatic rings. The predicted octanol–water partition coefficient (Wildman–Crippen LogP) is 1.28. The zero-order valence-electron chi connectivity index (χ0n) is 10.5. The quantitative estimate of drug-likeness (QED) is 0.817. The first-order valence-electron chi connectivity index (χ1n) is 6.32. The van der Waals surface area contributed by atoms with E-state index in [4.69, 9.17) is 5.73 Å². The molecule has 2 rings (SSSR count). The van der Waals surface area contributed by atoms with Crippen LogP contribution in [0.3, 0.4) is 0 Å². The number of benzene rings is 1. The van der Waals surface area contributed by atoms with Crippen LogP contribution >= 0.6 is 0 Å². The van der Waals surface area contributed by atoms with Crippen molar-refractivity contribution in [2.45, 2.75) is 18.6 Å². The first kappa shape index (κ1) is 13.4. The molecular weight excluding hydrogens is 248 g/mol. The van der Waals surface area contributed by atoms with Crippen molar-refractivity contribution >= 4 is 15.5 Å². The van der Waals surface area contributed by atoms with Gasteiger partial charge in [-0.2, -0.15) is 0 Å². The van der Waals surface area contributed by atoms with Gasteiger partial charge in [-0.1, -0.05) is 12.1 Å². The van der Waals surface area contributed by atoms with Gasteiger partial charge in [-0.25, -0.2) is 8.42 Å². The fraction of sp³-hybridized carbons (Fsp3) is 0.538. The van der Waals surface area contributed by atoms with E-state index in [1.165, 1.54) is 12.8 Å². The number of rotatable bonds is 5. The van der Waals surface area contributed by atoms with E-state index in [9.17, 15) is 8.42 Å². The molecule has 1 aliphatic rings. The lowest BCUT2D eigenvalue weighted by molar-refractivity contribution is 0.359. The lowest BCUT2D eigenvalue weighted by Crippen LogP contribution is -2.27. The van der Waals surface area contributed by atoms with E-state index in [2.05, 4.69) is 4.90 Å². The van der Waals surface area contributed by atoms with Crippen LogP contribution in [0.15, 0.2) is 24.3 Å². The fourth-order valence-electron chi connectivity index (χ4n) is 2.21. The maximum absolute atomic E-state index is 12.0. The molecule has 0 saturated carbocycles. The van der Waals surface area contributed by atoms with Gasteiger partial charge in [0.15, 0.2) is 9.84 Å². The molecule has 1 fully saturated rings. The van der Waals surface area contributed by atoms with Crippen LogP contribution in [0.4, 0.5) is 5.69 Å². The maximum atomic E-state index is 12.0. The summed E-state index contributed by atoms with van der Waals surface area (Å²) in [5.41, 5.74) is 7.05. The summed E-state index contributed by atoms with van der Waals surface area (Å²) in [6.45, 7) is 2.74. The van der Waals surface area contributed by atoms with Crippen LogP contribution in [0.1, 0.15) is 18.4 Å². The zero-order chi connectivity index (χ0) is 13.0. The smallest absolute Gasteiger partial charge is 0.155 e. The molecule has 0 unspecified atom stereocenters. The highest BCUT2D eigenvalue weighted by molar-refractivity contribution is 7.90. The maximum Gasteiger partial charge on any atom is 0.155 e. The van der Waals surface area contributed by atoms with Crippen LogP contribution in [0.5, 0.6) is 0 Å². The molecule has 0 radical (unpaired) electrons. The SMILES string of the molecule is Nc1ccc(CS(=O)(=O)CCN2CCCC2)cc1. The Balaban J connectivity index is 1.88. The Morgan fingerprint density at radius 2 is 1.72 bits per heavy atom. The number of anilines is 1. The topological polar surface area (TPSA) is 63.4 Å². The Kier molecular flexibility index (Phi) is 4.24. The molecule has 1 aromatic carbocycles. The van der Waals surface area contributed by atoms with Crippen LogP contribution < -0.4 is 5.73 Å². The van der Waals surface area contributed by atoms with E-state index >= 15 is 0 Å². The normalized spacial score (nSPS) is 17.1. The third-order valence-electron chi connectivity index (χ3n) is 3.28. The lowest BCUT2D eigenvalue weighted by Gasteiger charge is -2.14. The van der Waals surface area contributed by atoms with Crippen molar-refractivity contribution in [2.24, 2.45) is 0 Å². The van der Waals surface area contributed by atoms with Crippen molar-refractivity contribution in [2.75, 3.05) is 31.1 Å². The Labute approximate surface area is 109 Å². The lowest BCUT2D eigenvalue weighted by atomic mass is 10.2. The summed E-state index contributed by atoms with van der Waals surface area (Å²) in [6.07, 6.45) is 2.38. The Hall–Kier alpha value is -1.07. The average molecular weight is 268 g/mol. The van der Waals surface area contributed by atoms with Crippen LogP contribution in [0.2, 0.25) is 0 Å². The Bertz CT molecular complexity index is 476. The summed E-state index contributed by atoms with van der Waals surface area (Å²) < 4.78 is 24.0. The molecule has 100 valence electrons. The molecule has 0 spiro atoms. The first-order valence-corrected chi connectivity index (χ1v) is 8.14. The van der Waals surface area contributed by atoms with E-state index < -0.39 is 9.84 Å². The molecule has 0 amide bonds. The summed E-state index contributed by atoms with van der Waals surface area (Å²) in [4.78, 5) is 2.22. The second-order valence-electron chi connectivity index (χ2n) is 4.88. The van der Waals surface area contributed by atoms with Crippen LogP contribution in [0, 0.1) is 0 Å². The number of nitrogen functional groups attached to an aromatic ring is 1. The number of hydrogen-bond donors (Lipinski definition) is 1. The van der Waals surface area contributed by atoms with Gasteiger partial charge in [0.05, 0.1) is 11.5 Å². The number of nitrogens with two attached hydrogens (primary N) is 1. The molecule has 18 heavy (non-hydrogen) atoms. The van der Waals surface area contributed by atoms with Gasteiger partial charge in [0.25, 0.3) is 0 Å². The Morgan fingerprint density at radius 3 is 2.33 bits per heavy atom. The third-order valence-corrected chi connectivity index (χ3v) is 4.86. The molecule has 0 aliphatic carbocycles. The van der Waals surface area contributed by atoms with E-state index in [-0.39, 0.29) is 11.5 Å². The minimum absolute atomic E-state index is 0.112. The molecule has 0 bridgehead atoms. The van der Waals surface area contributed by atoms with Crippen molar-refractivity contribution in [1.82, 2.24) is 4.90 Å². The minimum Gasteiger partial charge on any atom is -0.399 e. The van der Waals surface area contributed by atoms with Gasteiger partial charge in [0, 0.05) is 12.2 Å². The van der Waals surface area contributed by atoms with Gasteiger partial charge < -0.3 is 10.6 Å². The van der Waals surface area contributed by atoms with Crippen molar-refractivity contribution < 1.29 is 8.42 Å². The van der Waals surface area contributed by atoms with E-state index in [0.29, 0.717) is 12.2 Å². The summed E-state index contributed by atoms with van der Waals surface area (Å²) in [5, 5.41) is 0. The molecule has 1 saturated heterocycles. The molecule has 5 heteroatoms. The first-order chi connectivity index (χ1) is 8.55. The minimum atomic E-state index is -3.02. The van der Waals surface area contributed by atoms with Crippen LogP contribution in [0.25, 0.3) is 0 Å². The molecule has 0 aromatic heterocycles. The monoisotopic (exact) mass is 268 g/mol. The van der Waals surface area contributed by atoms with Crippen LogP contribution in [-0.2, 0) is 15.6 Å². The van der Waals surface area contributed by atoms with E-state index in [0.717, 1.165) is 18.7 Å². The largest absolute Gasteiger partial charge is 0.399 e. The van der Waals surface area contributed by atoms with Crippen molar-refractivity contribution in [3.63, 3.8) is 0 Å². The molecule has 4 nitrogen and oxygen atoms in total. The number of hydrogen-bond acceptors (Lipinski definition) is 4. The highest BCUT2D eigenvalue weighted by Gasteiger charge is 2.17. The highest BCUT2D eigenvalue weighted by Crippen LogP contribution is 2.11. The van der Waals surface area contributed by atoms with Gasteiger partial charge in [0.1, 0.15) is 0 Å². The number of sulfone groups is 1. The van der Waals surface area contributed by atoms with Gasteiger partial charge >= 0.3 is 0 Å². The molecule has 1 aliphatic heterocycles. The molecular formula is C13H20N2O2S. The summed E-state index contributed by atoms with van der Waals surface area (Å²) in [7, 11) is -3.02. The van der Waals surface area contributed by atoms with E-state index in [1.54, 1.807) is 24.3 Å². The second-order valence-corrected chi connectivity index (χ2v) is 7.07. The summed E-state index contributed by atoms with van der Waals surface area (Å²) >= 11 is 0. The van der Waals surface area contributed by atoms with Crippen molar-refractivity contribution in [3.8, 4) is 0 Å². The third kappa shape index (κ3) is 3.99. The summed E-state index contributed by atoms with van der Waals surface area (Å²) in [6, 6.07) is 7.04. The summed E-state index contributed by atoms with van der Waals surface area (Å²) in [5.74, 6) is 0.360.